The van der Waals surface area contributed by atoms with Crippen molar-refractivity contribution in [1.29, 1.82) is 0 Å². The minimum Gasteiger partial charge on any atom is -0.508 e. The Hall–Kier alpha value is -2.08. The summed E-state index contributed by atoms with van der Waals surface area (Å²) in [5, 5.41) is 17.3. The molecular weight excluding hydrogens is 365 g/mol. The summed E-state index contributed by atoms with van der Waals surface area (Å²) in [4.78, 5) is 4.48. The molecule has 3 aromatic rings. The number of aromatic nitrogens is 1. The molecule has 0 amide bonds. The van der Waals surface area contributed by atoms with Gasteiger partial charge >= 0.3 is 0 Å². The number of rotatable bonds is 4. The number of nitrogens with one attached hydrogen (secondary N) is 1. The Morgan fingerprint density at radius 3 is 2.62 bits per heavy atom. The van der Waals surface area contributed by atoms with E-state index in [1.807, 2.05) is 18.4 Å². The molecule has 2 aromatic carbocycles. The minimum absolute atomic E-state index is 0.226. The van der Waals surface area contributed by atoms with Gasteiger partial charge in [0.1, 0.15) is 5.75 Å². The van der Waals surface area contributed by atoms with E-state index in [2.05, 4.69) is 15.5 Å². The van der Waals surface area contributed by atoms with Gasteiger partial charge in [0.05, 0.1) is 16.4 Å². The Balaban J connectivity index is 1.76. The Bertz CT molecular complexity index is 891. The van der Waals surface area contributed by atoms with Crippen LogP contribution >= 0.6 is 34.5 Å². The van der Waals surface area contributed by atoms with Crippen LogP contribution in [0.3, 0.4) is 0 Å². The molecule has 4 nitrogen and oxygen atoms in total. The van der Waals surface area contributed by atoms with Gasteiger partial charge in [-0.05, 0) is 55.0 Å². The van der Waals surface area contributed by atoms with Gasteiger partial charge < -0.3 is 5.11 Å². The van der Waals surface area contributed by atoms with Crippen LogP contribution in [-0.4, -0.2) is 15.8 Å². The molecule has 3 rings (SSSR count). The maximum atomic E-state index is 9.31. The minimum atomic E-state index is 0.226. The first-order valence-corrected chi connectivity index (χ1v) is 8.67. The molecule has 1 aromatic heterocycles. The summed E-state index contributed by atoms with van der Waals surface area (Å²) in [7, 11) is 0. The summed E-state index contributed by atoms with van der Waals surface area (Å²) < 4.78 is 0. The van der Waals surface area contributed by atoms with Crippen molar-refractivity contribution >= 4 is 45.4 Å². The number of nitrogens with zero attached hydrogens (tertiary/aromatic N) is 2. The number of aromatic hydroxyl groups is 1. The highest BCUT2D eigenvalue weighted by atomic mass is 35.5. The van der Waals surface area contributed by atoms with Crippen molar-refractivity contribution in [2.75, 3.05) is 5.43 Å². The van der Waals surface area contributed by atoms with E-state index >= 15 is 0 Å². The third kappa shape index (κ3) is 3.87. The maximum Gasteiger partial charge on any atom is 0.203 e. The fraction of sp³-hybridized carbons (Fsp3) is 0.0588. The average Bonchev–Trinajstić information content (AvgIpc) is 3.02. The number of benzene rings is 2. The number of hydrazone groups is 1. The van der Waals surface area contributed by atoms with Gasteiger partial charge in [0.15, 0.2) is 0 Å². The Kier molecular flexibility index (Phi) is 5.04. The predicted molar refractivity (Wildman–Crippen MR) is 102 cm³/mol. The van der Waals surface area contributed by atoms with Crippen LogP contribution in [0.15, 0.2) is 52.9 Å². The van der Waals surface area contributed by atoms with Gasteiger partial charge in [-0.25, -0.2) is 4.98 Å². The molecule has 0 aliphatic rings. The predicted octanol–water partition coefficient (Wildman–Crippen LogP) is 5.66. The topological polar surface area (TPSA) is 57.5 Å². The lowest BCUT2D eigenvalue weighted by Gasteiger charge is -2.02. The maximum absolute atomic E-state index is 9.31. The molecule has 0 radical (unpaired) electrons. The van der Waals surface area contributed by atoms with Crippen LogP contribution in [0.1, 0.15) is 12.5 Å². The van der Waals surface area contributed by atoms with Crippen LogP contribution in [0.2, 0.25) is 10.0 Å². The van der Waals surface area contributed by atoms with Crippen molar-refractivity contribution in [2.45, 2.75) is 6.92 Å². The van der Waals surface area contributed by atoms with Crippen LogP contribution in [0.25, 0.3) is 11.3 Å². The standard InChI is InChI=1S/C17H13Cl2N3OS/c1-10(11-2-5-13(23)6-3-11)21-22-17-20-16(9-24-17)14-7-4-12(18)8-15(14)19/h2-9,23H,1H3,(H,20,22). The molecule has 0 aliphatic carbocycles. The molecule has 0 bridgehead atoms. The lowest BCUT2D eigenvalue weighted by Crippen LogP contribution is -1.99. The number of halogens is 2. The number of hydrogen-bond acceptors (Lipinski definition) is 5. The largest absolute Gasteiger partial charge is 0.508 e. The van der Waals surface area contributed by atoms with E-state index in [1.54, 1.807) is 36.4 Å². The lowest BCUT2D eigenvalue weighted by molar-refractivity contribution is 0.475. The zero-order chi connectivity index (χ0) is 17.1. The third-order valence-corrected chi connectivity index (χ3v) is 4.61. The second-order valence-corrected chi connectivity index (χ2v) is 6.72. The first-order valence-electron chi connectivity index (χ1n) is 7.03. The van der Waals surface area contributed by atoms with E-state index in [1.165, 1.54) is 11.3 Å². The molecule has 24 heavy (non-hydrogen) atoms. The summed E-state index contributed by atoms with van der Waals surface area (Å²) >= 11 is 13.6. The van der Waals surface area contributed by atoms with Crippen molar-refractivity contribution in [3.05, 3.63) is 63.5 Å². The molecule has 0 spiro atoms. The Labute approximate surface area is 153 Å². The second-order valence-electron chi connectivity index (χ2n) is 5.02. The van der Waals surface area contributed by atoms with Crippen LogP contribution < -0.4 is 5.43 Å². The number of anilines is 1. The van der Waals surface area contributed by atoms with E-state index in [0.29, 0.717) is 15.2 Å². The molecule has 0 atom stereocenters. The van der Waals surface area contributed by atoms with Gasteiger partial charge in [0.2, 0.25) is 5.13 Å². The van der Waals surface area contributed by atoms with Crippen molar-refractivity contribution in [3.8, 4) is 17.0 Å². The monoisotopic (exact) mass is 377 g/mol. The fourth-order valence-electron chi connectivity index (χ4n) is 2.04. The van der Waals surface area contributed by atoms with Gasteiger partial charge in [-0.2, -0.15) is 5.10 Å². The highest BCUT2D eigenvalue weighted by Gasteiger charge is 2.09. The van der Waals surface area contributed by atoms with Crippen molar-refractivity contribution in [3.63, 3.8) is 0 Å². The average molecular weight is 378 g/mol. The van der Waals surface area contributed by atoms with E-state index in [-0.39, 0.29) is 5.75 Å². The number of hydrogen-bond donors (Lipinski definition) is 2. The molecule has 122 valence electrons. The summed E-state index contributed by atoms with van der Waals surface area (Å²) in [6, 6.07) is 12.2. The third-order valence-electron chi connectivity index (χ3n) is 3.32. The van der Waals surface area contributed by atoms with E-state index in [4.69, 9.17) is 23.2 Å². The van der Waals surface area contributed by atoms with Crippen molar-refractivity contribution in [2.24, 2.45) is 5.10 Å². The first-order chi connectivity index (χ1) is 11.5. The van der Waals surface area contributed by atoms with Gasteiger partial charge in [-0.15, -0.1) is 11.3 Å². The van der Waals surface area contributed by atoms with E-state index in [0.717, 1.165) is 22.5 Å². The van der Waals surface area contributed by atoms with Crippen LogP contribution in [0.4, 0.5) is 5.13 Å². The zero-order valence-electron chi connectivity index (χ0n) is 12.6. The second kappa shape index (κ2) is 7.21. The molecule has 2 N–H and O–H groups in total. The van der Waals surface area contributed by atoms with E-state index < -0.39 is 0 Å². The fourth-order valence-corrected chi connectivity index (χ4v) is 3.20. The smallest absolute Gasteiger partial charge is 0.203 e. The Morgan fingerprint density at radius 2 is 1.92 bits per heavy atom. The highest BCUT2D eigenvalue weighted by molar-refractivity contribution is 7.14. The molecule has 0 fully saturated rings. The molecule has 1 heterocycles. The molecule has 0 unspecified atom stereocenters. The van der Waals surface area contributed by atoms with E-state index in [9.17, 15) is 5.11 Å². The first kappa shape index (κ1) is 16.8. The highest BCUT2D eigenvalue weighted by Crippen LogP contribution is 2.32. The quantitative estimate of drug-likeness (QED) is 0.455. The number of phenols is 1. The SMILES string of the molecule is CC(=NNc1nc(-c2ccc(Cl)cc2Cl)cs1)c1ccc(O)cc1. The van der Waals surface area contributed by atoms with Crippen LogP contribution in [0.5, 0.6) is 5.75 Å². The summed E-state index contributed by atoms with van der Waals surface area (Å²) in [5.74, 6) is 0.226. The molecule has 0 aliphatic heterocycles. The van der Waals surface area contributed by atoms with Crippen molar-refractivity contribution in [1.82, 2.24) is 4.98 Å². The summed E-state index contributed by atoms with van der Waals surface area (Å²) in [6.45, 7) is 1.88. The number of phenolic OH excluding ortho intramolecular Hbond substituents is 1. The molecule has 0 saturated carbocycles. The summed E-state index contributed by atoms with van der Waals surface area (Å²) in [5.41, 5.74) is 6.23. The zero-order valence-corrected chi connectivity index (χ0v) is 15.0. The van der Waals surface area contributed by atoms with Gasteiger partial charge in [0.25, 0.3) is 0 Å². The molecule has 0 saturated heterocycles. The molecule has 7 heteroatoms. The Morgan fingerprint density at radius 1 is 1.17 bits per heavy atom. The van der Waals surface area contributed by atoms with Crippen molar-refractivity contribution < 1.29 is 5.11 Å². The lowest BCUT2D eigenvalue weighted by atomic mass is 10.1. The van der Waals surface area contributed by atoms with Gasteiger partial charge in [-0.3, -0.25) is 5.43 Å². The van der Waals surface area contributed by atoms with Crippen LogP contribution in [0, 0.1) is 0 Å². The molecular formula is C17H13Cl2N3OS. The van der Waals surface area contributed by atoms with Gasteiger partial charge in [-0.1, -0.05) is 23.2 Å². The van der Waals surface area contributed by atoms with Crippen LogP contribution in [-0.2, 0) is 0 Å². The summed E-state index contributed by atoms with van der Waals surface area (Å²) in [6.07, 6.45) is 0. The normalized spacial score (nSPS) is 11.5. The number of thiazole rings is 1. The van der Waals surface area contributed by atoms with Gasteiger partial charge in [0, 0.05) is 16.0 Å².